The average Bonchev–Trinajstić information content (AvgIpc) is 2.65. The van der Waals surface area contributed by atoms with E-state index in [0.29, 0.717) is 12.1 Å². The second-order valence-electron chi connectivity index (χ2n) is 6.36. The van der Waals surface area contributed by atoms with Crippen molar-refractivity contribution in [3.05, 3.63) is 69.8 Å². The Morgan fingerprint density at radius 2 is 0.788 bits per heavy atom. The molecule has 0 saturated heterocycles. The summed E-state index contributed by atoms with van der Waals surface area (Å²) in [6.45, 7) is 0. The first-order valence-electron chi connectivity index (χ1n) is 8.18. The van der Waals surface area contributed by atoms with E-state index in [4.69, 9.17) is 46.4 Å². The first-order valence-corrected chi connectivity index (χ1v) is 9.69. The van der Waals surface area contributed by atoms with Crippen LogP contribution in [0.1, 0.15) is 52.6 Å². The van der Waals surface area contributed by atoms with E-state index in [9.17, 15) is 45.5 Å². The molecule has 0 aliphatic heterocycles. The second-order valence-corrected chi connectivity index (χ2v) is 7.73. The molecule has 0 amide bonds. The number of benzene rings is 2. The lowest BCUT2D eigenvalue weighted by Gasteiger charge is -2.38. The van der Waals surface area contributed by atoms with Crippen LogP contribution in [0.2, 0.25) is 0 Å². The van der Waals surface area contributed by atoms with Crippen LogP contribution in [0.25, 0.3) is 0 Å². The number of hydrogen-bond acceptors (Lipinski definition) is 4. The molecule has 2 rings (SSSR count). The minimum Gasteiger partial charge on any atom is -0.276 e. The van der Waals surface area contributed by atoms with Gasteiger partial charge in [0.15, 0.2) is 0 Å². The Labute approximate surface area is 200 Å². The van der Waals surface area contributed by atoms with Gasteiger partial charge < -0.3 is 0 Å². The second kappa shape index (κ2) is 9.25. The van der Waals surface area contributed by atoms with Crippen LogP contribution in [-0.2, 0) is 5.41 Å². The van der Waals surface area contributed by atoms with Gasteiger partial charge in [0.2, 0.25) is 5.41 Å². The summed E-state index contributed by atoms with van der Waals surface area (Å²) < 4.78 is 85.7. The summed E-state index contributed by atoms with van der Waals surface area (Å²) >= 11 is 20.9. The summed E-state index contributed by atoms with van der Waals surface area (Å²) in [6.07, 6.45) is -12.3. The van der Waals surface area contributed by atoms with Crippen LogP contribution in [0.5, 0.6) is 0 Å². The molecular weight excluding hydrogens is 548 g/mol. The van der Waals surface area contributed by atoms with Crippen LogP contribution in [0.4, 0.5) is 26.3 Å². The van der Waals surface area contributed by atoms with E-state index in [-0.39, 0.29) is 24.3 Å². The summed E-state index contributed by atoms with van der Waals surface area (Å²) in [7, 11) is 0. The fourth-order valence-corrected chi connectivity index (χ4v) is 3.85. The van der Waals surface area contributed by atoms with Crippen LogP contribution >= 0.6 is 46.4 Å². The van der Waals surface area contributed by atoms with Gasteiger partial charge in [-0.15, -0.1) is 0 Å². The number of carbonyl (C=O) groups excluding carboxylic acids is 4. The molecule has 33 heavy (non-hydrogen) atoms. The van der Waals surface area contributed by atoms with Gasteiger partial charge in [0.25, 0.3) is 21.0 Å². The van der Waals surface area contributed by atoms with Crippen molar-refractivity contribution in [2.75, 3.05) is 0 Å². The molecule has 0 unspecified atom stereocenters. The van der Waals surface area contributed by atoms with Crippen molar-refractivity contribution in [3.63, 3.8) is 0 Å². The van der Waals surface area contributed by atoms with E-state index in [0.717, 1.165) is 0 Å². The average molecular weight is 554 g/mol. The Balaban J connectivity index is 3.10. The summed E-state index contributed by atoms with van der Waals surface area (Å²) in [6, 6.07) is 1.74. The molecule has 0 spiro atoms. The minimum atomic E-state index is -6.14. The zero-order valence-corrected chi connectivity index (χ0v) is 18.4. The third kappa shape index (κ3) is 4.75. The Bertz CT molecular complexity index is 1080. The van der Waals surface area contributed by atoms with Crippen molar-refractivity contribution in [1.29, 1.82) is 0 Å². The molecule has 14 heteroatoms. The zero-order valence-electron chi connectivity index (χ0n) is 15.4. The van der Waals surface area contributed by atoms with Crippen LogP contribution in [-0.4, -0.2) is 33.3 Å². The van der Waals surface area contributed by atoms with Gasteiger partial charge in [-0.05, 0) is 81.8 Å². The third-order valence-corrected chi connectivity index (χ3v) is 5.42. The summed E-state index contributed by atoms with van der Waals surface area (Å²) in [5, 5.41) is -5.84. The van der Waals surface area contributed by atoms with Gasteiger partial charge in [0, 0.05) is 22.3 Å². The molecule has 0 aromatic heterocycles. The van der Waals surface area contributed by atoms with Gasteiger partial charge in [0.05, 0.1) is 0 Å². The summed E-state index contributed by atoms with van der Waals surface area (Å²) in [4.78, 5) is 46.1. The van der Waals surface area contributed by atoms with Crippen molar-refractivity contribution in [2.24, 2.45) is 0 Å². The fraction of sp³-hybridized carbons (Fsp3) is 0.158. The maximum absolute atomic E-state index is 14.3. The van der Waals surface area contributed by atoms with Crippen molar-refractivity contribution in [1.82, 2.24) is 0 Å². The van der Waals surface area contributed by atoms with Crippen LogP contribution in [0.3, 0.4) is 0 Å². The molecule has 0 saturated carbocycles. The standard InChI is InChI=1S/C19H6Cl4F6O4/c20-13(30)9-3-1-7(5-11(9)15(22)32)17(18(24,25)26,19(27,28)29)8-2-4-10(14(21)31)12(6-8)16(23)33/h1-6H. The fourth-order valence-electron chi connectivity index (χ4n) is 3.21. The van der Waals surface area contributed by atoms with Crippen molar-refractivity contribution in [3.8, 4) is 0 Å². The summed E-state index contributed by atoms with van der Waals surface area (Å²) in [5.74, 6) is 0. The van der Waals surface area contributed by atoms with Crippen LogP contribution < -0.4 is 0 Å². The molecule has 0 atom stereocenters. The molecule has 2 aromatic rings. The number of carbonyl (C=O) groups is 4. The normalized spacial score (nSPS) is 12.4. The maximum Gasteiger partial charge on any atom is 0.411 e. The Morgan fingerprint density at radius 3 is 1.00 bits per heavy atom. The lowest BCUT2D eigenvalue weighted by Crippen LogP contribution is -2.55. The van der Waals surface area contributed by atoms with E-state index in [2.05, 4.69) is 0 Å². The lowest BCUT2D eigenvalue weighted by atomic mass is 9.71. The highest BCUT2D eigenvalue weighted by atomic mass is 35.5. The van der Waals surface area contributed by atoms with Gasteiger partial charge in [-0.25, -0.2) is 0 Å². The molecule has 0 radical (unpaired) electrons. The molecule has 0 heterocycles. The highest BCUT2D eigenvalue weighted by molar-refractivity contribution is 6.72. The van der Waals surface area contributed by atoms with Crippen molar-refractivity contribution >= 4 is 67.4 Å². The quantitative estimate of drug-likeness (QED) is 0.298. The summed E-state index contributed by atoms with van der Waals surface area (Å²) in [5.41, 5.74) is -11.5. The van der Waals surface area contributed by atoms with Gasteiger partial charge in [-0.3, -0.25) is 19.2 Å². The van der Waals surface area contributed by atoms with E-state index in [1.807, 2.05) is 0 Å². The Kier molecular flexibility index (Phi) is 7.60. The molecule has 0 N–H and O–H groups in total. The monoisotopic (exact) mass is 552 g/mol. The molecular formula is C19H6Cl4F6O4. The predicted molar refractivity (Wildman–Crippen MR) is 107 cm³/mol. The minimum absolute atomic E-state index is 0.120. The largest absolute Gasteiger partial charge is 0.411 e. The molecule has 2 aromatic carbocycles. The van der Waals surface area contributed by atoms with Gasteiger partial charge in [0.1, 0.15) is 0 Å². The van der Waals surface area contributed by atoms with E-state index >= 15 is 0 Å². The molecule has 4 nitrogen and oxygen atoms in total. The van der Waals surface area contributed by atoms with Crippen LogP contribution in [0.15, 0.2) is 36.4 Å². The molecule has 0 fully saturated rings. The highest BCUT2D eigenvalue weighted by Gasteiger charge is 2.72. The van der Waals surface area contributed by atoms with E-state index < -0.39 is 72.1 Å². The van der Waals surface area contributed by atoms with Gasteiger partial charge in [-0.2, -0.15) is 26.3 Å². The zero-order chi connectivity index (χ0) is 25.5. The third-order valence-electron chi connectivity index (χ3n) is 4.60. The number of halogens is 10. The maximum atomic E-state index is 14.3. The van der Waals surface area contributed by atoms with Crippen LogP contribution in [0, 0.1) is 0 Å². The molecule has 0 bridgehead atoms. The SMILES string of the molecule is O=C(Cl)c1ccc(C(c2ccc(C(=O)Cl)c(C(=O)Cl)c2)(C(F)(F)F)C(F)(F)F)cc1C(=O)Cl. The smallest absolute Gasteiger partial charge is 0.276 e. The number of rotatable bonds is 6. The lowest BCUT2D eigenvalue weighted by molar-refractivity contribution is -0.288. The molecule has 176 valence electrons. The predicted octanol–water partition coefficient (Wildman–Crippen LogP) is 6.61. The topological polar surface area (TPSA) is 68.3 Å². The van der Waals surface area contributed by atoms with E-state index in [1.165, 1.54) is 0 Å². The number of hydrogen-bond donors (Lipinski definition) is 0. The highest BCUT2D eigenvalue weighted by Crippen LogP contribution is 2.56. The van der Waals surface area contributed by atoms with Crippen molar-refractivity contribution < 1.29 is 45.5 Å². The van der Waals surface area contributed by atoms with Gasteiger partial charge >= 0.3 is 12.4 Å². The van der Waals surface area contributed by atoms with Crippen molar-refractivity contribution in [2.45, 2.75) is 17.8 Å². The Hall–Kier alpha value is -2.14. The Morgan fingerprint density at radius 1 is 0.515 bits per heavy atom. The first-order chi connectivity index (χ1) is 15.0. The van der Waals surface area contributed by atoms with Gasteiger partial charge in [-0.1, -0.05) is 12.1 Å². The first kappa shape index (κ1) is 27.1. The molecule has 0 aliphatic rings. The number of alkyl halides is 6. The van der Waals surface area contributed by atoms with E-state index in [1.54, 1.807) is 0 Å². The molecule has 0 aliphatic carbocycles.